The first-order valence-corrected chi connectivity index (χ1v) is 8.03. The third-order valence-corrected chi connectivity index (χ3v) is 4.89. The summed E-state index contributed by atoms with van der Waals surface area (Å²) < 4.78 is 0. The number of imidazole rings is 1. The van der Waals surface area contributed by atoms with E-state index in [1.54, 1.807) is 6.07 Å². The Kier molecular flexibility index (Phi) is 3.56. The number of hydrogen-bond acceptors (Lipinski definition) is 7. The first-order chi connectivity index (χ1) is 12.1. The minimum absolute atomic E-state index is 0.191. The number of carbonyl (C=O) groups excluding carboxylic acids is 1. The second kappa shape index (κ2) is 5.76. The number of hydrogen-bond donors (Lipinski definition) is 2. The minimum Gasteiger partial charge on any atom is -0.510 e. The van der Waals surface area contributed by atoms with Crippen molar-refractivity contribution >= 4 is 22.8 Å². The maximum atomic E-state index is 12.6. The number of aromatic amines is 1. The highest BCUT2D eigenvalue weighted by Gasteiger charge is 2.53. The van der Waals surface area contributed by atoms with Crippen molar-refractivity contribution in [1.82, 2.24) is 9.97 Å². The molecule has 1 saturated carbocycles. The molecule has 9 nitrogen and oxygen atoms in total. The molecule has 1 heterocycles. The van der Waals surface area contributed by atoms with E-state index >= 15 is 0 Å². The number of nitro groups is 1. The average Bonchev–Trinajstić information content (AvgIpc) is 3.13. The number of aliphatic hydroxyl groups is 1. The van der Waals surface area contributed by atoms with Gasteiger partial charge in [0.2, 0.25) is 12.0 Å². The molecule has 0 saturated heterocycles. The molecule has 2 N–H and O–H groups in total. The molecule has 0 amide bonds. The van der Waals surface area contributed by atoms with Crippen LogP contribution in [0.15, 0.2) is 46.0 Å². The van der Waals surface area contributed by atoms with Crippen LogP contribution in [0.2, 0.25) is 0 Å². The topological polar surface area (TPSA) is 134 Å². The Labute approximate surface area is 141 Å². The first-order valence-electron chi connectivity index (χ1n) is 8.03. The van der Waals surface area contributed by atoms with Gasteiger partial charge in [0.25, 0.3) is 0 Å². The van der Waals surface area contributed by atoms with Crippen LogP contribution < -0.4 is 0 Å². The predicted octanol–water partition coefficient (Wildman–Crippen LogP) is 3.06. The molecule has 1 fully saturated rings. The molecule has 0 spiro atoms. The average molecular weight is 341 g/mol. The van der Waals surface area contributed by atoms with E-state index in [-0.39, 0.29) is 17.4 Å². The number of Topliss-reactive ketones (excluding diaryl/α,β-unsaturated/α-hetero) is 1. The van der Waals surface area contributed by atoms with E-state index in [9.17, 15) is 20.0 Å². The lowest BCUT2D eigenvalue weighted by Crippen LogP contribution is -2.40. The van der Waals surface area contributed by atoms with E-state index in [1.165, 1.54) is 0 Å². The van der Waals surface area contributed by atoms with Gasteiger partial charge in [0.15, 0.2) is 11.5 Å². The molecule has 128 valence electrons. The van der Waals surface area contributed by atoms with Gasteiger partial charge in [-0.15, -0.1) is 10.2 Å². The highest BCUT2D eigenvalue weighted by molar-refractivity contribution is 6.00. The predicted molar refractivity (Wildman–Crippen MR) is 86.9 cm³/mol. The van der Waals surface area contributed by atoms with E-state index in [2.05, 4.69) is 20.2 Å². The van der Waals surface area contributed by atoms with Gasteiger partial charge in [0.05, 0.1) is 11.0 Å². The van der Waals surface area contributed by atoms with Crippen LogP contribution in [0.4, 0.5) is 5.95 Å². The molecule has 2 aliphatic carbocycles. The summed E-state index contributed by atoms with van der Waals surface area (Å²) in [6.07, 6.45) is 1.47. The number of nitrogens with zero attached hydrogens (tertiary/aromatic N) is 4. The van der Waals surface area contributed by atoms with E-state index in [1.807, 2.05) is 18.2 Å². The van der Waals surface area contributed by atoms with Crippen molar-refractivity contribution in [2.45, 2.75) is 25.3 Å². The molecule has 0 aliphatic heterocycles. The number of nitrogens with one attached hydrogen (secondary N) is 1. The number of allylic oxidation sites excluding steroid dienone is 2. The number of benzene rings is 1. The molecule has 1 aromatic heterocycles. The van der Waals surface area contributed by atoms with Gasteiger partial charge >= 0.3 is 0 Å². The quantitative estimate of drug-likeness (QED) is 0.502. The number of para-hydroxylation sites is 2. The highest BCUT2D eigenvalue weighted by atomic mass is 16.6. The number of ketones is 1. The smallest absolute Gasteiger partial charge is 0.247 e. The van der Waals surface area contributed by atoms with Crippen LogP contribution in [0.5, 0.6) is 0 Å². The molecule has 2 aromatic rings. The van der Waals surface area contributed by atoms with Crippen molar-refractivity contribution in [2.75, 3.05) is 0 Å². The monoisotopic (exact) mass is 341 g/mol. The fourth-order valence-electron chi connectivity index (χ4n) is 3.72. The van der Waals surface area contributed by atoms with E-state index in [4.69, 9.17) is 0 Å². The van der Waals surface area contributed by atoms with Gasteiger partial charge in [-0.3, -0.25) is 14.9 Å². The van der Waals surface area contributed by atoms with Crippen LogP contribution in [0.25, 0.3) is 11.0 Å². The van der Waals surface area contributed by atoms with Gasteiger partial charge in [0, 0.05) is 17.3 Å². The van der Waals surface area contributed by atoms with Crippen molar-refractivity contribution in [1.29, 1.82) is 0 Å². The van der Waals surface area contributed by atoms with Gasteiger partial charge in [-0.05, 0) is 25.0 Å². The molecule has 0 bridgehead atoms. The molecule has 25 heavy (non-hydrogen) atoms. The second-order valence-electron chi connectivity index (χ2n) is 6.29. The van der Waals surface area contributed by atoms with Gasteiger partial charge in [0.1, 0.15) is 11.7 Å². The third kappa shape index (κ3) is 2.48. The van der Waals surface area contributed by atoms with Crippen LogP contribution in [-0.4, -0.2) is 31.8 Å². The SMILES string of the molecule is O=C1C(N=Nc2nc3ccccc3[nH]2)=C(O)C2CCCC([N+](=O)[O-])C12. The van der Waals surface area contributed by atoms with Crippen LogP contribution >= 0.6 is 0 Å². The zero-order valence-corrected chi connectivity index (χ0v) is 13.1. The summed E-state index contributed by atoms with van der Waals surface area (Å²) in [5.74, 6) is -1.89. The summed E-state index contributed by atoms with van der Waals surface area (Å²) in [6.45, 7) is 0. The zero-order valence-electron chi connectivity index (χ0n) is 13.1. The number of fused-ring (bicyclic) bond motifs is 2. The van der Waals surface area contributed by atoms with Crippen molar-refractivity contribution < 1.29 is 14.8 Å². The number of aliphatic hydroxyl groups excluding tert-OH is 1. The Morgan fingerprint density at radius 3 is 2.84 bits per heavy atom. The molecule has 3 atom stereocenters. The van der Waals surface area contributed by atoms with Crippen LogP contribution in [0, 0.1) is 22.0 Å². The number of azo groups is 1. The molecule has 0 radical (unpaired) electrons. The second-order valence-corrected chi connectivity index (χ2v) is 6.29. The van der Waals surface area contributed by atoms with Gasteiger partial charge in [-0.2, -0.15) is 0 Å². The highest BCUT2D eigenvalue weighted by Crippen LogP contribution is 2.44. The third-order valence-electron chi connectivity index (χ3n) is 4.89. The van der Waals surface area contributed by atoms with E-state index < -0.39 is 28.6 Å². The Morgan fingerprint density at radius 2 is 2.08 bits per heavy atom. The van der Waals surface area contributed by atoms with Crippen molar-refractivity contribution in [3.05, 3.63) is 45.8 Å². The van der Waals surface area contributed by atoms with Crippen molar-refractivity contribution in [3.8, 4) is 0 Å². The standard InChI is InChI=1S/C16H15N5O4/c22-14-8-4-3-7-11(21(24)25)12(8)15(23)13(14)19-20-16-17-9-5-1-2-6-10(9)18-16/h1-2,5-6,8,11-12,22H,3-4,7H2,(H,17,18). The normalized spacial score (nSPS) is 26.6. The van der Waals surface area contributed by atoms with E-state index in [0.29, 0.717) is 24.8 Å². The fourth-order valence-corrected chi connectivity index (χ4v) is 3.72. The molecular weight excluding hydrogens is 326 g/mol. The molecule has 4 rings (SSSR count). The van der Waals surface area contributed by atoms with Gasteiger partial charge in [-0.1, -0.05) is 12.1 Å². The van der Waals surface area contributed by atoms with Crippen LogP contribution in [0.3, 0.4) is 0 Å². The molecular formula is C16H15N5O4. The molecule has 2 aliphatic rings. The lowest BCUT2D eigenvalue weighted by molar-refractivity contribution is -0.533. The summed E-state index contributed by atoms with van der Waals surface area (Å²) in [5.41, 5.74) is 1.29. The molecule has 9 heteroatoms. The number of aromatic nitrogens is 2. The van der Waals surface area contributed by atoms with Crippen molar-refractivity contribution in [3.63, 3.8) is 0 Å². The molecule has 1 aromatic carbocycles. The zero-order chi connectivity index (χ0) is 17.6. The number of rotatable bonds is 3. The number of H-pyrrole nitrogens is 1. The Hall–Kier alpha value is -3.10. The summed E-state index contributed by atoms with van der Waals surface area (Å²) in [5, 5.41) is 29.3. The Balaban J connectivity index is 1.64. The maximum Gasteiger partial charge on any atom is 0.247 e. The summed E-state index contributed by atoms with van der Waals surface area (Å²) >= 11 is 0. The maximum absolute atomic E-state index is 12.6. The van der Waals surface area contributed by atoms with E-state index in [0.717, 1.165) is 5.52 Å². The minimum atomic E-state index is -0.979. The van der Waals surface area contributed by atoms with Gasteiger partial charge < -0.3 is 10.1 Å². The molecule has 3 unspecified atom stereocenters. The largest absolute Gasteiger partial charge is 0.510 e. The summed E-state index contributed by atoms with van der Waals surface area (Å²) in [7, 11) is 0. The Bertz CT molecular complexity index is 899. The summed E-state index contributed by atoms with van der Waals surface area (Å²) in [6, 6.07) is 6.33. The lowest BCUT2D eigenvalue weighted by Gasteiger charge is -2.26. The Morgan fingerprint density at radius 1 is 1.28 bits per heavy atom. The lowest BCUT2D eigenvalue weighted by atomic mass is 9.77. The van der Waals surface area contributed by atoms with Crippen LogP contribution in [-0.2, 0) is 4.79 Å². The number of carbonyl (C=O) groups is 1. The first kappa shape index (κ1) is 15.4. The van der Waals surface area contributed by atoms with Gasteiger partial charge in [-0.25, -0.2) is 4.98 Å². The fraction of sp³-hybridized carbons (Fsp3) is 0.375. The van der Waals surface area contributed by atoms with Crippen LogP contribution in [0.1, 0.15) is 19.3 Å². The van der Waals surface area contributed by atoms with Crippen molar-refractivity contribution in [2.24, 2.45) is 22.1 Å². The summed E-state index contributed by atoms with van der Waals surface area (Å²) in [4.78, 5) is 30.5.